The number of pyridine rings is 1. The van der Waals surface area contributed by atoms with Crippen molar-refractivity contribution in [2.24, 2.45) is 22.1 Å². The zero-order valence-corrected chi connectivity index (χ0v) is 18.8. The molecule has 1 unspecified atom stereocenters. The minimum atomic E-state index is -0.698. The van der Waals surface area contributed by atoms with Gasteiger partial charge in [0.25, 0.3) is 0 Å². The summed E-state index contributed by atoms with van der Waals surface area (Å²) >= 11 is 6.61. The molecular weight excluding hydrogens is 436 g/mol. The second-order valence-corrected chi connectivity index (χ2v) is 8.10. The number of halogens is 1. The van der Waals surface area contributed by atoms with Gasteiger partial charge in [-0.25, -0.2) is 5.32 Å². The molecule has 10 nitrogen and oxygen atoms in total. The Bertz CT molecular complexity index is 1130. The highest BCUT2D eigenvalue weighted by Gasteiger charge is 2.30. The maximum absolute atomic E-state index is 12.8. The molecule has 1 aromatic carbocycles. The van der Waals surface area contributed by atoms with Crippen LogP contribution in [0.2, 0.25) is 5.02 Å². The van der Waals surface area contributed by atoms with E-state index in [-0.39, 0.29) is 23.5 Å². The average molecular weight is 462 g/mol. The van der Waals surface area contributed by atoms with Gasteiger partial charge in [0.1, 0.15) is 17.9 Å². The molecule has 1 aliphatic heterocycles. The predicted molar refractivity (Wildman–Crippen MR) is 120 cm³/mol. The Balaban J connectivity index is 2.08. The van der Waals surface area contributed by atoms with E-state index in [2.05, 4.69) is 29.5 Å². The van der Waals surface area contributed by atoms with Gasteiger partial charge in [0.05, 0.1) is 22.4 Å². The molecule has 11 heteroatoms. The molecule has 0 spiro atoms. The number of amides is 1. The molecule has 0 radical (unpaired) electrons. The van der Waals surface area contributed by atoms with E-state index in [4.69, 9.17) is 32.3 Å². The molecule has 0 aliphatic carbocycles. The Hall–Kier alpha value is -3.24. The highest BCUT2D eigenvalue weighted by Crippen LogP contribution is 2.42. The van der Waals surface area contributed by atoms with E-state index >= 15 is 0 Å². The summed E-state index contributed by atoms with van der Waals surface area (Å²) in [5.41, 5.74) is 1.81. The van der Waals surface area contributed by atoms with Crippen molar-refractivity contribution in [2.75, 3.05) is 20.3 Å². The van der Waals surface area contributed by atoms with Gasteiger partial charge in [-0.1, -0.05) is 25.4 Å². The first-order valence-corrected chi connectivity index (χ1v) is 10.4. The fourth-order valence-electron chi connectivity index (χ4n) is 3.76. The molecule has 2 aromatic rings. The van der Waals surface area contributed by atoms with E-state index in [9.17, 15) is 9.59 Å². The number of aromatic nitrogens is 1. The Morgan fingerprint density at radius 1 is 1.38 bits per heavy atom. The number of guanidine groups is 1. The van der Waals surface area contributed by atoms with E-state index < -0.39 is 11.3 Å². The smallest absolute Gasteiger partial charge is 0.414 e. The third kappa shape index (κ3) is 4.81. The topological polar surface area (TPSA) is 146 Å². The summed E-state index contributed by atoms with van der Waals surface area (Å²) in [5.74, 6) is 4.77. The highest BCUT2D eigenvalue weighted by atomic mass is 35.5. The van der Waals surface area contributed by atoms with Crippen LogP contribution < -0.4 is 26.7 Å². The number of ether oxygens (including phenoxy) is 2. The molecule has 32 heavy (non-hydrogen) atoms. The second-order valence-electron chi connectivity index (χ2n) is 7.69. The SMILES string of the molecule is COCCOc1cc(Cl)c2c(c1)CC(C(C)C)n1cc(C(=O)NC(=[NH2+])/N=N\N)c(=O)cc1-2. The van der Waals surface area contributed by atoms with Crippen molar-refractivity contribution in [1.82, 2.24) is 9.88 Å². The number of fused-ring (bicyclic) bond motifs is 3. The van der Waals surface area contributed by atoms with Crippen molar-refractivity contribution in [3.63, 3.8) is 0 Å². The van der Waals surface area contributed by atoms with Crippen molar-refractivity contribution < 1.29 is 19.7 Å². The van der Waals surface area contributed by atoms with Crippen LogP contribution in [0.5, 0.6) is 5.75 Å². The molecule has 1 aliphatic rings. The first kappa shape index (κ1) is 23.4. The van der Waals surface area contributed by atoms with Gasteiger partial charge in [0.2, 0.25) is 0 Å². The summed E-state index contributed by atoms with van der Waals surface area (Å²) < 4.78 is 12.7. The number of hydrogen-bond donors (Lipinski definition) is 3. The number of hydrogen-bond acceptors (Lipinski definition) is 5. The van der Waals surface area contributed by atoms with Crippen LogP contribution in [0, 0.1) is 5.92 Å². The number of benzene rings is 1. The number of nitrogens with zero attached hydrogens (tertiary/aromatic N) is 3. The van der Waals surface area contributed by atoms with Gasteiger partial charge in [-0.15, -0.1) is 0 Å². The summed E-state index contributed by atoms with van der Waals surface area (Å²) in [6, 6.07) is 5.06. The van der Waals surface area contributed by atoms with Crippen molar-refractivity contribution in [3.8, 4) is 17.0 Å². The molecule has 5 N–H and O–H groups in total. The molecule has 0 saturated carbocycles. The van der Waals surface area contributed by atoms with Gasteiger partial charge in [-0.2, -0.15) is 0 Å². The summed E-state index contributed by atoms with van der Waals surface area (Å²) in [7, 11) is 1.61. The summed E-state index contributed by atoms with van der Waals surface area (Å²) in [5, 5.41) is 14.6. The Kier molecular flexibility index (Phi) is 7.26. The van der Waals surface area contributed by atoms with E-state index in [1.54, 1.807) is 13.2 Å². The molecule has 0 fully saturated rings. The van der Waals surface area contributed by atoms with Gasteiger partial charge < -0.3 is 14.0 Å². The van der Waals surface area contributed by atoms with Crippen molar-refractivity contribution in [2.45, 2.75) is 26.3 Å². The molecule has 0 bridgehead atoms. The van der Waals surface area contributed by atoms with Crippen LogP contribution in [0.15, 0.2) is 39.5 Å². The van der Waals surface area contributed by atoms with Crippen molar-refractivity contribution >= 4 is 23.5 Å². The van der Waals surface area contributed by atoms with Crippen LogP contribution in [0.1, 0.15) is 35.8 Å². The maximum atomic E-state index is 12.8. The summed E-state index contributed by atoms with van der Waals surface area (Å²) in [6.07, 6.45) is 2.19. The number of nitrogens with two attached hydrogens (primary N) is 2. The lowest BCUT2D eigenvalue weighted by Crippen LogP contribution is -2.50. The first-order valence-electron chi connectivity index (χ1n) is 10.0. The first-order chi connectivity index (χ1) is 15.3. The van der Waals surface area contributed by atoms with Gasteiger partial charge in [0, 0.05) is 36.2 Å². The number of carbonyl (C=O) groups excluding carboxylic acids is 1. The lowest BCUT2D eigenvalue weighted by molar-refractivity contribution is -0.119. The van der Waals surface area contributed by atoms with E-state index in [1.165, 1.54) is 12.3 Å². The predicted octanol–water partition coefficient (Wildman–Crippen LogP) is 1.12. The normalized spacial score (nSPS) is 14.8. The van der Waals surface area contributed by atoms with E-state index in [1.807, 2.05) is 10.6 Å². The van der Waals surface area contributed by atoms with Crippen LogP contribution in [-0.4, -0.2) is 36.8 Å². The fourth-order valence-corrected chi connectivity index (χ4v) is 4.08. The highest BCUT2D eigenvalue weighted by molar-refractivity contribution is 6.33. The van der Waals surface area contributed by atoms with Gasteiger partial charge in [-0.3, -0.25) is 20.8 Å². The lowest BCUT2D eigenvalue weighted by atomic mass is 9.87. The largest absolute Gasteiger partial charge is 0.491 e. The average Bonchev–Trinajstić information content (AvgIpc) is 2.72. The van der Waals surface area contributed by atoms with Crippen LogP contribution >= 0.6 is 11.6 Å². The van der Waals surface area contributed by atoms with Gasteiger partial charge in [-0.05, 0) is 30.0 Å². The van der Waals surface area contributed by atoms with Crippen molar-refractivity contribution in [1.29, 1.82) is 0 Å². The number of carbonyl (C=O) groups is 1. The van der Waals surface area contributed by atoms with Crippen molar-refractivity contribution in [3.05, 3.63) is 50.8 Å². The zero-order valence-electron chi connectivity index (χ0n) is 18.1. The maximum Gasteiger partial charge on any atom is 0.414 e. The van der Waals surface area contributed by atoms with Crippen LogP contribution in [-0.2, 0) is 11.2 Å². The lowest BCUT2D eigenvalue weighted by Gasteiger charge is -2.34. The molecule has 1 atom stereocenters. The molecule has 0 saturated heterocycles. The van der Waals surface area contributed by atoms with E-state index in [0.717, 1.165) is 11.1 Å². The minimum Gasteiger partial charge on any atom is -0.491 e. The third-order valence-electron chi connectivity index (χ3n) is 5.24. The molecule has 170 valence electrons. The molecular formula is C21H26ClN6O4+. The Morgan fingerprint density at radius 3 is 2.78 bits per heavy atom. The molecule has 3 rings (SSSR count). The molecule has 1 aromatic heterocycles. The van der Waals surface area contributed by atoms with Crippen LogP contribution in [0.4, 0.5) is 0 Å². The summed E-state index contributed by atoms with van der Waals surface area (Å²) in [6.45, 7) is 5.01. The monoisotopic (exact) mass is 461 g/mol. The number of methoxy groups -OCH3 is 1. The second kappa shape index (κ2) is 9.92. The van der Waals surface area contributed by atoms with Crippen LogP contribution in [0.25, 0.3) is 11.3 Å². The molecule has 2 heterocycles. The molecule has 1 amide bonds. The fraction of sp³-hybridized carbons (Fsp3) is 0.381. The van der Waals surface area contributed by atoms with Gasteiger partial charge >= 0.3 is 11.9 Å². The summed E-state index contributed by atoms with van der Waals surface area (Å²) in [4.78, 5) is 25.4. The standard InChI is InChI=1S/C21H25ClN6O4/c1-11(2)16-7-12-6-13(32-5-4-31-3)8-15(22)19(12)17-9-18(29)14(10-28(16)17)20(30)25-21(23)26-27-24/h6,8-11,16H,4-5,7H2,1-3H3,(H4,23,24,25,26,30)/p+1. The third-order valence-corrected chi connectivity index (χ3v) is 5.54. The zero-order chi connectivity index (χ0) is 23.4. The number of rotatable bonds is 6. The van der Waals surface area contributed by atoms with E-state index in [0.29, 0.717) is 36.1 Å². The Morgan fingerprint density at radius 2 is 2.12 bits per heavy atom. The quantitative estimate of drug-likeness (QED) is 0.147. The number of nitrogens with one attached hydrogen (secondary N) is 1. The van der Waals surface area contributed by atoms with Crippen LogP contribution in [0.3, 0.4) is 0 Å². The minimum absolute atomic E-state index is 0.0139. The Labute approximate surface area is 189 Å². The van der Waals surface area contributed by atoms with Gasteiger partial charge in [0.15, 0.2) is 5.43 Å².